The highest BCUT2D eigenvalue weighted by molar-refractivity contribution is 7.85. The fraction of sp³-hybridized carbons (Fsp3) is 0.412. The molecule has 28 heavy (non-hydrogen) atoms. The molecule has 2 atom stereocenters. The number of amides is 1. The molecule has 1 fully saturated rings. The third-order valence-electron chi connectivity index (χ3n) is 4.32. The molecule has 1 aliphatic carbocycles. The van der Waals surface area contributed by atoms with Gasteiger partial charge < -0.3 is 4.90 Å². The molecule has 150 valence electrons. The molecule has 7 nitrogen and oxygen atoms in total. The SMILES string of the molecule is CCN(C(=O)C(=N)CS(=O)CC1CC1(F)F)c1cn(-c2cccnc2)nc1Cl. The van der Waals surface area contributed by atoms with E-state index in [1.165, 1.54) is 15.8 Å². The number of anilines is 1. The van der Waals surface area contributed by atoms with Gasteiger partial charge in [-0.1, -0.05) is 11.6 Å². The van der Waals surface area contributed by atoms with E-state index in [0.29, 0.717) is 11.4 Å². The first-order valence-corrected chi connectivity index (χ1v) is 10.4. The van der Waals surface area contributed by atoms with Crippen molar-refractivity contribution in [2.45, 2.75) is 19.3 Å². The van der Waals surface area contributed by atoms with E-state index in [1.807, 2.05) is 0 Å². The Balaban J connectivity index is 1.70. The number of nitrogens with zero attached hydrogens (tertiary/aromatic N) is 4. The number of pyridine rings is 1. The van der Waals surface area contributed by atoms with Gasteiger partial charge in [-0.05, 0) is 19.1 Å². The second-order valence-corrected chi connectivity index (χ2v) is 8.26. The Bertz CT molecular complexity index is 922. The standard InChI is InChI=1S/C17H18ClF2N5O2S/c1-2-24(14-8-25(23-15(14)18)12-4-3-5-22-7-12)16(26)13(21)10-28(27)9-11-6-17(11,19)20/h3-5,7-8,11,21H,2,6,9-10H2,1H3. The molecule has 1 aliphatic rings. The molecule has 1 N–H and O–H groups in total. The normalized spacial score (nSPS) is 18.5. The highest BCUT2D eigenvalue weighted by Crippen LogP contribution is 2.48. The summed E-state index contributed by atoms with van der Waals surface area (Å²) in [6.07, 6.45) is 4.43. The lowest BCUT2D eigenvalue weighted by Gasteiger charge is -2.19. The average Bonchev–Trinajstić information content (AvgIpc) is 3.07. The molecule has 0 aliphatic heterocycles. The Morgan fingerprint density at radius 1 is 1.54 bits per heavy atom. The van der Waals surface area contributed by atoms with E-state index >= 15 is 0 Å². The minimum atomic E-state index is -2.77. The zero-order valence-corrected chi connectivity index (χ0v) is 16.5. The van der Waals surface area contributed by atoms with Crippen LogP contribution in [0.4, 0.5) is 14.5 Å². The molecule has 2 aromatic heterocycles. The number of nitrogens with one attached hydrogen (secondary N) is 1. The summed E-state index contributed by atoms with van der Waals surface area (Å²) in [7, 11) is -1.70. The van der Waals surface area contributed by atoms with Gasteiger partial charge in [0.2, 0.25) is 0 Å². The zero-order chi connectivity index (χ0) is 20.5. The topological polar surface area (TPSA) is 91.9 Å². The third-order valence-corrected chi connectivity index (χ3v) is 5.97. The molecule has 2 heterocycles. The van der Waals surface area contributed by atoms with Crippen LogP contribution in [0, 0.1) is 11.3 Å². The number of rotatable bonds is 8. The maximum atomic E-state index is 13.0. The minimum Gasteiger partial charge on any atom is -0.303 e. The van der Waals surface area contributed by atoms with E-state index in [2.05, 4.69) is 10.1 Å². The van der Waals surface area contributed by atoms with Crippen LogP contribution in [0.3, 0.4) is 0 Å². The summed E-state index contributed by atoms with van der Waals surface area (Å²) >= 11 is 6.17. The van der Waals surface area contributed by atoms with Gasteiger partial charge >= 0.3 is 0 Å². The van der Waals surface area contributed by atoms with Crippen LogP contribution in [0.1, 0.15) is 13.3 Å². The molecular weight excluding hydrogens is 412 g/mol. The zero-order valence-electron chi connectivity index (χ0n) is 14.9. The second kappa shape index (κ2) is 8.04. The summed E-state index contributed by atoms with van der Waals surface area (Å²) in [6.45, 7) is 1.90. The van der Waals surface area contributed by atoms with Crippen LogP contribution in [-0.2, 0) is 15.6 Å². The Morgan fingerprint density at radius 2 is 2.25 bits per heavy atom. The molecule has 1 amide bonds. The second-order valence-electron chi connectivity index (χ2n) is 6.40. The maximum absolute atomic E-state index is 13.0. The molecule has 3 rings (SSSR count). The molecular formula is C17H18ClF2N5O2S. The van der Waals surface area contributed by atoms with E-state index in [9.17, 15) is 17.8 Å². The van der Waals surface area contributed by atoms with E-state index in [1.54, 1.807) is 31.5 Å². The van der Waals surface area contributed by atoms with Crippen LogP contribution < -0.4 is 4.90 Å². The number of hydrogen-bond donors (Lipinski definition) is 1. The predicted octanol–water partition coefficient (Wildman–Crippen LogP) is 2.70. The van der Waals surface area contributed by atoms with Crippen molar-refractivity contribution >= 4 is 39.7 Å². The summed E-state index contributed by atoms with van der Waals surface area (Å²) in [5, 5.41) is 12.2. The summed E-state index contributed by atoms with van der Waals surface area (Å²) in [4.78, 5) is 17.9. The number of halogens is 3. The van der Waals surface area contributed by atoms with Gasteiger partial charge in [-0.2, -0.15) is 5.10 Å². The van der Waals surface area contributed by atoms with Crippen LogP contribution in [0.2, 0.25) is 5.15 Å². The monoisotopic (exact) mass is 429 g/mol. The van der Waals surface area contributed by atoms with Gasteiger partial charge in [0.05, 0.1) is 23.8 Å². The molecule has 0 spiro atoms. The van der Waals surface area contributed by atoms with E-state index in [0.717, 1.165) is 0 Å². The van der Waals surface area contributed by atoms with E-state index < -0.39 is 34.3 Å². The Kier molecular flexibility index (Phi) is 5.90. The quantitative estimate of drug-likeness (QED) is 0.653. The van der Waals surface area contributed by atoms with Crippen molar-refractivity contribution in [2.75, 3.05) is 23.0 Å². The van der Waals surface area contributed by atoms with Crippen molar-refractivity contribution in [1.29, 1.82) is 5.41 Å². The molecule has 11 heteroatoms. The van der Waals surface area contributed by atoms with Gasteiger partial charge in [0.15, 0.2) is 5.15 Å². The molecule has 2 aromatic rings. The van der Waals surface area contributed by atoms with Crippen molar-refractivity contribution in [1.82, 2.24) is 14.8 Å². The summed E-state index contributed by atoms with van der Waals surface area (Å²) < 4.78 is 39.4. The smallest absolute Gasteiger partial charge is 0.273 e. The number of hydrogen-bond acceptors (Lipinski definition) is 5. The highest BCUT2D eigenvalue weighted by atomic mass is 35.5. The largest absolute Gasteiger partial charge is 0.303 e. The summed E-state index contributed by atoms with van der Waals surface area (Å²) in [5.41, 5.74) is 0.511. The van der Waals surface area contributed by atoms with Crippen molar-refractivity contribution in [3.05, 3.63) is 35.9 Å². The average molecular weight is 430 g/mol. The highest BCUT2D eigenvalue weighted by Gasteiger charge is 2.57. The number of carbonyl (C=O) groups is 1. The number of alkyl halides is 2. The summed E-state index contributed by atoms with van der Waals surface area (Å²) in [6, 6.07) is 3.48. The fourth-order valence-corrected chi connectivity index (χ4v) is 4.30. The predicted molar refractivity (Wildman–Crippen MR) is 103 cm³/mol. The Morgan fingerprint density at radius 3 is 2.82 bits per heavy atom. The van der Waals surface area contributed by atoms with Crippen LogP contribution in [0.5, 0.6) is 0 Å². The first-order chi connectivity index (χ1) is 13.2. The molecule has 0 bridgehead atoms. The molecule has 2 unspecified atom stereocenters. The maximum Gasteiger partial charge on any atom is 0.273 e. The lowest BCUT2D eigenvalue weighted by molar-refractivity contribution is -0.112. The van der Waals surface area contributed by atoms with Gasteiger partial charge in [-0.25, -0.2) is 13.5 Å². The van der Waals surface area contributed by atoms with Crippen LogP contribution >= 0.6 is 11.6 Å². The number of aromatic nitrogens is 3. The van der Waals surface area contributed by atoms with Crippen molar-refractivity contribution in [3.8, 4) is 5.69 Å². The molecule has 0 aromatic carbocycles. The van der Waals surface area contributed by atoms with Gasteiger partial charge in [0, 0.05) is 41.6 Å². The van der Waals surface area contributed by atoms with Gasteiger partial charge in [0.25, 0.3) is 11.8 Å². The van der Waals surface area contributed by atoms with Gasteiger partial charge in [-0.3, -0.25) is 19.4 Å². The van der Waals surface area contributed by atoms with E-state index in [4.69, 9.17) is 17.0 Å². The van der Waals surface area contributed by atoms with E-state index in [-0.39, 0.29) is 29.6 Å². The lowest BCUT2D eigenvalue weighted by atomic mass is 10.3. The Hall–Kier alpha value is -2.20. The van der Waals surface area contributed by atoms with Crippen molar-refractivity contribution < 1.29 is 17.8 Å². The first kappa shape index (κ1) is 20.5. The molecule has 0 radical (unpaired) electrons. The van der Waals surface area contributed by atoms with Crippen molar-refractivity contribution in [3.63, 3.8) is 0 Å². The molecule has 0 saturated heterocycles. The fourth-order valence-electron chi connectivity index (χ4n) is 2.69. The lowest BCUT2D eigenvalue weighted by Crippen LogP contribution is -2.38. The van der Waals surface area contributed by atoms with Gasteiger partial charge in [0.1, 0.15) is 11.4 Å². The van der Waals surface area contributed by atoms with Crippen LogP contribution in [0.25, 0.3) is 5.69 Å². The molecule has 1 saturated carbocycles. The summed E-state index contributed by atoms with van der Waals surface area (Å²) in [5.74, 6) is -4.98. The first-order valence-electron chi connectivity index (χ1n) is 8.50. The third kappa shape index (κ3) is 4.44. The number of carbonyl (C=O) groups excluding carboxylic acids is 1. The Labute approximate surface area is 167 Å². The minimum absolute atomic E-state index is 0.0607. The van der Waals surface area contributed by atoms with Crippen LogP contribution in [0.15, 0.2) is 30.7 Å². The van der Waals surface area contributed by atoms with Crippen LogP contribution in [-0.4, -0.2) is 54.6 Å². The van der Waals surface area contributed by atoms with Crippen molar-refractivity contribution in [2.24, 2.45) is 5.92 Å². The van der Waals surface area contributed by atoms with Gasteiger partial charge in [-0.15, -0.1) is 0 Å².